The number of anilines is 1. The standard InChI is InChI=1S/C11H16N4O3/c1-11(2,10(13)18)14-8(16)6-15-5-7(12)3-4-9(15)17/h3-5H,6,12H2,1-2H3,(H2,13,18)(H,14,16). The summed E-state index contributed by atoms with van der Waals surface area (Å²) >= 11 is 0. The Morgan fingerprint density at radius 1 is 1.39 bits per heavy atom. The summed E-state index contributed by atoms with van der Waals surface area (Å²) in [6.07, 6.45) is 1.36. The van der Waals surface area contributed by atoms with Crippen LogP contribution in [0.25, 0.3) is 0 Å². The number of amides is 2. The van der Waals surface area contributed by atoms with Crippen LogP contribution >= 0.6 is 0 Å². The lowest BCUT2D eigenvalue weighted by Gasteiger charge is -2.22. The van der Waals surface area contributed by atoms with E-state index in [1.165, 1.54) is 32.2 Å². The monoisotopic (exact) mass is 252 g/mol. The summed E-state index contributed by atoms with van der Waals surface area (Å²) in [5.74, 6) is -1.15. The van der Waals surface area contributed by atoms with Crippen LogP contribution in [0.2, 0.25) is 0 Å². The number of carbonyl (C=O) groups excluding carboxylic acids is 2. The highest BCUT2D eigenvalue weighted by Crippen LogP contribution is 2.01. The first kappa shape index (κ1) is 13.8. The van der Waals surface area contributed by atoms with Crippen molar-refractivity contribution in [1.82, 2.24) is 9.88 Å². The molecule has 1 aromatic rings. The van der Waals surface area contributed by atoms with Crippen LogP contribution in [0.4, 0.5) is 5.69 Å². The number of primary amides is 1. The molecular formula is C11H16N4O3. The van der Waals surface area contributed by atoms with Crippen molar-refractivity contribution >= 4 is 17.5 Å². The third kappa shape index (κ3) is 3.34. The Morgan fingerprint density at radius 3 is 2.56 bits per heavy atom. The van der Waals surface area contributed by atoms with E-state index >= 15 is 0 Å². The maximum Gasteiger partial charge on any atom is 0.251 e. The number of carbonyl (C=O) groups is 2. The lowest BCUT2D eigenvalue weighted by atomic mass is 10.1. The molecule has 0 fully saturated rings. The molecule has 0 aromatic carbocycles. The number of nitrogens with zero attached hydrogens (tertiary/aromatic N) is 1. The Balaban J connectivity index is 2.80. The molecule has 0 aliphatic carbocycles. The van der Waals surface area contributed by atoms with Crippen molar-refractivity contribution in [3.8, 4) is 0 Å². The smallest absolute Gasteiger partial charge is 0.251 e. The number of hydrogen-bond donors (Lipinski definition) is 3. The Labute approximate surface area is 104 Å². The molecule has 5 N–H and O–H groups in total. The molecule has 0 bridgehead atoms. The average Bonchev–Trinajstić information content (AvgIpc) is 2.22. The molecule has 1 rings (SSSR count). The molecule has 1 heterocycles. The van der Waals surface area contributed by atoms with Crippen LogP contribution in [0, 0.1) is 0 Å². The molecule has 0 aliphatic rings. The third-order valence-corrected chi connectivity index (χ3v) is 2.39. The second-order valence-electron chi connectivity index (χ2n) is 4.47. The molecule has 0 spiro atoms. The molecular weight excluding hydrogens is 236 g/mol. The molecule has 0 saturated heterocycles. The molecule has 0 radical (unpaired) electrons. The molecule has 0 atom stereocenters. The van der Waals surface area contributed by atoms with Gasteiger partial charge >= 0.3 is 0 Å². The van der Waals surface area contributed by atoms with Crippen LogP contribution in [0.1, 0.15) is 13.8 Å². The van der Waals surface area contributed by atoms with Crippen LogP contribution < -0.4 is 22.3 Å². The van der Waals surface area contributed by atoms with E-state index in [0.717, 1.165) is 4.57 Å². The van der Waals surface area contributed by atoms with Gasteiger partial charge in [0, 0.05) is 18.0 Å². The first-order chi connectivity index (χ1) is 8.22. The molecule has 7 heteroatoms. The molecule has 98 valence electrons. The number of pyridine rings is 1. The van der Waals surface area contributed by atoms with Gasteiger partial charge in [-0.25, -0.2) is 0 Å². The van der Waals surface area contributed by atoms with Gasteiger partial charge in [0.1, 0.15) is 12.1 Å². The highest BCUT2D eigenvalue weighted by atomic mass is 16.2. The zero-order chi connectivity index (χ0) is 13.9. The molecule has 2 amide bonds. The number of rotatable bonds is 4. The SMILES string of the molecule is CC(C)(NC(=O)Cn1cc(N)ccc1=O)C(N)=O. The van der Waals surface area contributed by atoms with Crippen LogP contribution in [-0.4, -0.2) is 21.9 Å². The highest BCUT2D eigenvalue weighted by Gasteiger charge is 2.26. The lowest BCUT2D eigenvalue weighted by molar-refractivity contribution is -0.130. The maximum atomic E-state index is 11.7. The number of aromatic nitrogens is 1. The van der Waals surface area contributed by atoms with E-state index < -0.39 is 17.4 Å². The fraction of sp³-hybridized carbons (Fsp3) is 0.364. The van der Waals surface area contributed by atoms with E-state index in [1.807, 2.05) is 0 Å². The van der Waals surface area contributed by atoms with E-state index in [0.29, 0.717) is 5.69 Å². The minimum absolute atomic E-state index is 0.222. The fourth-order valence-corrected chi connectivity index (χ4v) is 1.28. The zero-order valence-electron chi connectivity index (χ0n) is 10.3. The predicted octanol–water partition coefficient (Wildman–Crippen LogP) is -1.19. The van der Waals surface area contributed by atoms with Gasteiger partial charge in [-0.05, 0) is 19.9 Å². The summed E-state index contributed by atoms with van der Waals surface area (Å²) in [5.41, 5.74) is 9.49. The van der Waals surface area contributed by atoms with E-state index in [-0.39, 0.29) is 12.1 Å². The van der Waals surface area contributed by atoms with Crippen LogP contribution in [0.5, 0.6) is 0 Å². The van der Waals surface area contributed by atoms with Crippen molar-refractivity contribution in [2.24, 2.45) is 5.73 Å². The van der Waals surface area contributed by atoms with Crippen molar-refractivity contribution in [3.63, 3.8) is 0 Å². The van der Waals surface area contributed by atoms with Crippen LogP contribution in [0.15, 0.2) is 23.1 Å². The number of nitrogen functional groups attached to an aromatic ring is 1. The second kappa shape index (κ2) is 4.91. The van der Waals surface area contributed by atoms with E-state index in [2.05, 4.69) is 5.32 Å². The van der Waals surface area contributed by atoms with Crippen molar-refractivity contribution in [3.05, 3.63) is 28.7 Å². The Bertz CT molecular complexity index is 533. The van der Waals surface area contributed by atoms with Gasteiger partial charge < -0.3 is 21.4 Å². The quantitative estimate of drug-likeness (QED) is 0.624. The molecule has 1 aromatic heterocycles. The topological polar surface area (TPSA) is 120 Å². The summed E-state index contributed by atoms with van der Waals surface area (Å²) < 4.78 is 1.15. The first-order valence-corrected chi connectivity index (χ1v) is 5.29. The van der Waals surface area contributed by atoms with Crippen molar-refractivity contribution in [2.75, 3.05) is 5.73 Å². The molecule has 0 aliphatic heterocycles. The summed E-state index contributed by atoms with van der Waals surface area (Å²) in [5, 5.41) is 2.44. The Morgan fingerprint density at radius 2 is 2.00 bits per heavy atom. The number of nitrogens with one attached hydrogen (secondary N) is 1. The van der Waals surface area contributed by atoms with Gasteiger partial charge in [-0.15, -0.1) is 0 Å². The van der Waals surface area contributed by atoms with Gasteiger partial charge in [0.15, 0.2) is 0 Å². The summed E-state index contributed by atoms with van der Waals surface area (Å²) in [4.78, 5) is 34.2. The summed E-state index contributed by atoms with van der Waals surface area (Å²) in [6, 6.07) is 2.71. The summed E-state index contributed by atoms with van der Waals surface area (Å²) in [7, 11) is 0. The van der Waals surface area contributed by atoms with E-state index in [9.17, 15) is 14.4 Å². The van der Waals surface area contributed by atoms with Crippen LogP contribution in [-0.2, 0) is 16.1 Å². The van der Waals surface area contributed by atoms with Crippen molar-refractivity contribution in [2.45, 2.75) is 25.9 Å². The number of hydrogen-bond acceptors (Lipinski definition) is 4. The molecule has 18 heavy (non-hydrogen) atoms. The largest absolute Gasteiger partial charge is 0.398 e. The normalized spacial score (nSPS) is 11.0. The average molecular weight is 252 g/mol. The Kier molecular flexibility index (Phi) is 3.75. The number of nitrogens with two attached hydrogens (primary N) is 2. The minimum atomic E-state index is -1.17. The molecule has 0 saturated carbocycles. The van der Waals surface area contributed by atoms with Gasteiger partial charge in [0.25, 0.3) is 5.56 Å². The molecule has 7 nitrogen and oxygen atoms in total. The van der Waals surface area contributed by atoms with E-state index in [1.54, 1.807) is 0 Å². The lowest BCUT2D eigenvalue weighted by Crippen LogP contribution is -2.54. The van der Waals surface area contributed by atoms with E-state index in [4.69, 9.17) is 11.5 Å². The third-order valence-electron chi connectivity index (χ3n) is 2.39. The highest BCUT2D eigenvalue weighted by molar-refractivity contribution is 5.89. The molecule has 0 unspecified atom stereocenters. The second-order valence-corrected chi connectivity index (χ2v) is 4.47. The van der Waals surface area contributed by atoms with Gasteiger partial charge in [-0.2, -0.15) is 0 Å². The fourth-order valence-electron chi connectivity index (χ4n) is 1.28. The first-order valence-electron chi connectivity index (χ1n) is 5.29. The summed E-state index contributed by atoms with van der Waals surface area (Å²) in [6.45, 7) is 2.74. The van der Waals surface area contributed by atoms with Crippen molar-refractivity contribution in [1.29, 1.82) is 0 Å². The van der Waals surface area contributed by atoms with Gasteiger partial charge in [0.2, 0.25) is 11.8 Å². The van der Waals surface area contributed by atoms with Crippen molar-refractivity contribution < 1.29 is 9.59 Å². The van der Waals surface area contributed by atoms with Gasteiger partial charge in [0.05, 0.1) is 0 Å². The Hall–Kier alpha value is -2.31. The van der Waals surface area contributed by atoms with Crippen LogP contribution in [0.3, 0.4) is 0 Å². The zero-order valence-corrected chi connectivity index (χ0v) is 10.3. The predicted molar refractivity (Wildman–Crippen MR) is 66.5 cm³/mol. The minimum Gasteiger partial charge on any atom is -0.398 e. The van der Waals surface area contributed by atoms with Gasteiger partial charge in [-0.3, -0.25) is 14.4 Å². The van der Waals surface area contributed by atoms with Gasteiger partial charge in [-0.1, -0.05) is 0 Å². The maximum absolute atomic E-state index is 11.7.